The van der Waals surface area contributed by atoms with E-state index in [2.05, 4.69) is 11.9 Å². The van der Waals surface area contributed by atoms with E-state index < -0.39 is 18.5 Å². The fourth-order valence-corrected chi connectivity index (χ4v) is 2.82. The van der Waals surface area contributed by atoms with Gasteiger partial charge in [0.2, 0.25) is 0 Å². The minimum absolute atomic E-state index is 0.118. The number of carboxylic acids is 1. The number of carbonyl (C=O) groups excluding carboxylic acids is 1. The molecule has 0 fully saturated rings. The lowest BCUT2D eigenvalue weighted by Gasteiger charge is -2.16. The normalized spacial score (nSPS) is 10.6. The quantitative estimate of drug-likeness (QED) is 0.312. The third-order valence-electron chi connectivity index (χ3n) is 4.18. The van der Waals surface area contributed by atoms with Crippen molar-refractivity contribution in [3.8, 4) is 23.3 Å². The van der Waals surface area contributed by atoms with Crippen LogP contribution in [0.15, 0.2) is 54.6 Å². The third-order valence-corrected chi connectivity index (χ3v) is 4.18. The summed E-state index contributed by atoms with van der Waals surface area (Å²) in [6, 6.07) is 11.9. The maximum Gasteiger partial charge on any atom is 0.341 e. The molecule has 0 saturated heterocycles. The van der Waals surface area contributed by atoms with Gasteiger partial charge in [-0.25, -0.2) is 4.79 Å². The largest absolute Gasteiger partial charge is 0.497 e. The van der Waals surface area contributed by atoms with Crippen LogP contribution < -0.4 is 19.5 Å². The van der Waals surface area contributed by atoms with Crippen molar-refractivity contribution in [1.82, 2.24) is 0 Å². The summed E-state index contributed by atoms with van der Waals surface area (Å²) in [4.78, 5) is 23.5. The lowest BCUT2D eigenvalue weighted by atomic mass is 10.0. The van der Waals surface area contributed by atoms with Crippen LogP contribution in [0.1, 0.15) is 18.1 Å². The second kappa shape index (κ2) is 11.8. The molecule has 2 aromatic rings. The number of nitrogens with zero attached hydrogens (tertiary/aromatic N) is 1. The molecule has 0 bridgehead atoms. The predicted molar refractivity (Wildman–Crippen MR) is 120 cm³/mol. The molecule has 8 heteroatoms. The van der Waals surface area contributed by atoms with Crippen molar-refractivity contribution in [3.63, 3.8) is 0 Å². The predicted octanol–water partition coefficient (Wildman–Crippen LogP) is 3.83. The topological polar surface area (TPSA) is 118 Å². The molecule has 166 valence electrons. The van der Waals surface area contributed by atoms with E-state index in [0.29, 0.717) is 41.3 Å². The molecule has 1 amide bonds. The van der Waals surface area contributed by atoms with E-state index in [-0.39, 0.29) is 11.3 Å². The monoisotopic (exact) mass is 436 g/mol. The van der Waals surface area contributed by atoms with Crippen molar-refractivity contribution in [2.45, 2.75) is 13.3 Å². The summed E-state index contributed by atoms with van der Waals surface area (Å²) in [7, 11) is 1.54. The van der Waals surface area contributed by atoms with Crippen LogP contribution in [0.2, 0.25) is 0 Å². The number of nitrogens with one attached hydrogen (secondary N) is 1. The number of methoxy groups -OCH3 is 1. The van der Waals surface area contributed by atoms with Gasteiger partial charge in [0.25, 0.3) is 5.91 Å². The Labute approximate surface area is 186 Å². The molecule has 0 aliphatic rings. The van der Waals surface area contributed by atoms with E-state index in [1.807, 2.05) is 6.07 Å². The molecule has 0 aliphatic carbocycles. The van der Waals surface area contributed by atoms with Crippen molar-refractivity contribution in [1.29, 1.82) is 5.26 Å². The first-order chi connectivity index (χ1) is 15.4. The molecule has 2 rings (SSSR count). The van der Waals surface area contributed by atoms with Crippen molar-refractivity contribution in [3.05, 3.63) is 65.8 Å². The molecule has 32 heavy (non-hydrogen) atoms. The van der Waals surface area contributed by atoms with Crippen molar-refractivity contribution in [2.24, 2.45) is 0 Å². The summed E-state index contributed by atoms with van der Waals surface area (Å²) in [6.45, 7) is 5.26. The van der Waals surface area contributed by atoms with Crippen LogP contribution in [0.4, 0.5) is 5.69 Å². The maximum atomic E-state index is 12.6. The molecule has 0 radical (unpaired) electrons. The molecule has 0 saturated carbocycles. The van der Waals surface area contributed by atoms with Gasteiger partial charge in [-0.15, -0.1) is 6.58 Å². The highest BCUT2D eigenvalue weighted by Gasteiger charge is 2.16. The van der Waals surface area contributed by atoms with Crippen LogP contribution in [0, 0.1) is 11.3 Å². The standard InChI is InChI=1S/C24H24N2O6/c1-4-6-17-11-16(13-21(31-5-2)23(17)32-15-22(27)28)12-18(14-25)24(29)26-19-7-9-20(30-3)10-8-19/h4,7-13H,1,5-6,15H2,2-3H3,(H,26,29)(H,27,28)/b18-12+. The molecular formula is C24H24N2O6. The van der Waals surface area contributed by atoms with Gasteiger partial charge in [0.1, 0.15) is 17.4 Å². The van der Waals surface area contributed by atoms with Crippen molar-refractivity contribution >= 4 is 23.6 Å². The van der Waals surface area contributed by atoms with Gasteiger partial charge in [0.05, 0.1) is 13.7 Å². The summed E-state index contributed by atoms with van der Waals surface area (Å²) in [5.74, 6) is -0.461. The van der Waals surface area contributed by atoms with Gasteiger partial charge in [-0.05, 0) is 61.4 Å². The second-order valence-electron chi connectivity index (χ2n) is 6.47. The SMILES string of the molecule is C=CCc1cc(/C=C(\C#N)C(=O)Nc2ccc(OC)cc2)cc(OCC)c1OCC(=O)O. The summed E-state index contributed by atoms with van der Waals surface area (Å²) in [5.41, 5.74) is 1.53. The number of aliphatic carboxylic acids is 1. The Bertz CT molecular complexity index is 1050. The smallest absolute Gasteiger partial charge is 0.341 e. The summed E-state index contributed by atoms with van der Waals surface area (Å²) >= 11 is 0. The highest BCUT2D eigenvalue weighted by molar-refractivity contribution is 6.09. The number of carbonyl (C=O) groups is 2. The van der Waals surface area contributed by atoms with Crippen LogP contribution in [0.3, 0.4) is 0 Å². The fourth-order valence-electron chi connectivity index (χ4n) is 2.82. The third kappa shape index (κ3) is 6.64. The average molecular weight is 436 g/mol. The molecule has 2 N–H and O–H groups in total. The number of nitriles is 1. The van der Waals surface area contributed by atoms with E-state index in [1.54, 1.807) is 56.5 Å². The first-order valence-electron chi connectivity index (χ1n) is 9.74. The molecule has 0 aromatic heterocycles. The average Bonchev–Trinajstić information content (AvgIpc) is 2.77. The lowest BCUT2D eigenvalue weighted by Crippen LogP contribution is -2.13. The Kier molecular flexibility index (Phi) is 8.87. The molecule has 0 unspecified atom stereocenters. The number of anilines is 1. The summed E-state index contributed by atoms with van der Waals surface area (Å²) < 4.78 is 16.1. The number of ether oxygens (including phenoxy) is 3. The highest BCUT2D eigenvalue weighted by atomic mass is 16.5. The van der Waals surface area contributed by atoms with Crippen LogP contribution in [-0.4, -0.2) is 37.3 Å². The Hall–Kier alpha value is -4.25. The molecule has 0 atom stereocenters. The number of rotatable bonds is 11. The Morgan fingerprint density at radius 3 is 2.50 bits per heavy atom. The van der Waals surface area contributed by atoms with Crippen LogP contribution in [0.25, 0.3) is 6.08 Å². The van der Waals surface area contributed by atoms with Crippen LogP contribution in [-0.2, 0) is 16.0 Å². The van der Waals surface area contributed by atoms with Gasteiger partial charge in [-0.3, -0.25) is 4.79 Å². The molecule has 0 aliphatic heterocycles. The zero-order valence-corrected chi connectivity index (χ0v) is 17.9. The van der Waals surface area contributed by atoms with Gasteiger partial charge in [0, 0.05) is 11.3 Å². The summed E-state index contributed by atoms with van der Waals surface area (Å²) in [6.07, 6.45) is 3.43. The van der Waals surface area contributed by atoms with Gasteiger partial charge in [0.15, 0.2) is 18.1 Å². The molecule has 0 spiro atoms. The van der Waals surface area contributed by atoms with Gasteiger partial charge in [-0.1, -0.05) is 6.08 Å². The van der Waals surface area contributed by atoms with E-state index in [9.17, 15) is 14.9 Å². The fraction of sp³-hybridized carbons (Fsp3) is 0.208. The number of benzene rings is 2. The summed E-state index contributed by atoms with van der Waals surface area (Å²) in [5, 5.41) is 21.1. The van der Waals surface area contributed by atoms with Gasteiger partial charge >= 0.3 is 5.97 Å². The Balaban J connectivity index is 2.39. The van der Waals surface area contributed by atoms with E-state index in [1.165, 1.54) is 6.08 Å². The minimum Gasteiger partial charge on any atom is -0.497 e. The molecule has 2 aromatic carbocycles. The van der Waals surface area contributed by atoms with Crippen molar-refractivity contribution in [2.75, 3.05) is 25.6 Å². The highest BCUT2D eigenvalue weighted by Crippen LogP contribution is 2.34. The lowest BCUT2D eigenvalue weighted by molar-refractivity contribution is -0.139. The maximum absolute atomic E-state index is 12.6. The van der Waals surface area contributed by atoms with Crippen LogP contribution >= 0.6 is 0 Å². The Morgan fingerprint density at radius 2 is 1.94 bits per heavy atom. The molecule has 0 heterocycles. The Morgan fingerprint density at radius 1 is 1.22 bits per heavy atom. The van der Waals surface area contributed by atoms with Crippen molar-refractivity contribution < 1.29 is 28.9 Å². The van der Waals surface area contributed by atoms with E-state index >= 15 is 0 Å². The van der Waals surface area contributed by atoms with E-state index in [0.717, 1.165) is 0 Å². The second-order valence-corrected chi connectivity index (χ2v) is 6.47. The van der Waals surface area contributed by atoms with Crippen LogP contribution in [0.5, 0.6) is 17.2 Å². The number of hydrogen-bond donors (Lipinski definition) is 2. The first kappa shape index (κ1) is 24.0. The zero-order valence-electron chi connectivity index (χ0n) is 17.9. The first-order valence-corrected chi connectivity index (χ1v) is 9.74. The van der Waals surface area contributed by atoms with Gasteiger partial charge < -0.3 is 24.6 Å². The molecule has 8 nitrogen and oxygen atoms in total. The minimum atomic E-state index is -1.12. The number of hydrogen-bond acceptors (Lipinski definition) is 6. The zero-order chi connectivity index (χ0) is 23.5. The number of allylic oxidation sites excluding steroid dienone is 1. The number of amides is 1. The number of carboxylic acid groups (broad SMARTS) is 1. The molecular weight excluding hydrogens is 412 g/mol. The van der Waals surface area contributed by atoms with E-state index in [4.69, 9.17) is 19.3 Å². The van der Waals surface area contributed by atoms with Gasteiger partial charge in [-0.2, -0.15) is 5.26 Å².